The lowest BCUT2D eigenvalue weighted by molar-refractivity contribution is -0.383. The maximum atomic E-state index is 11.3. The Morgan fingerprint density at radius 3 is 2.52 bits per heavy atom. The number of benzene rings is 2. The van der Waals surface area contributed by atoms with Crippen LogP contribution in [0.25, 0.3) is 22.2 Å². The van der Waals surface area contributed by atoms with Crippen LogP contribution >= 0.6 is 31.9 Å². The highest BCUT2D eigenvalue weighted by atomic mass is 79.9. The summed E-state index contributed by atoms with van der Waals surface area (Å²) in [4.78, 5) is 14.1. The molecule has 0 atom stereocenters. The monoisotopic (exact) mass is 408 g/mol. The largest absolute Gasteiger partial charge is 0.348 e. The zero-order valence-electron chi connectivity index (χ0n) is 10.8. The molecule has 0 fully saturated rings. The van der Waals surface area contributed by atoms with Crippen LogP contribution < -0.4 is 0 Å². The molecule has 0 aliphatic rings. The topological polar surface area (TPSA) is 58.9 Å². The van der Waals surface area contributed by atoms with Crippen LogP contribution in [0.2, 0.25) is 0 Å². The second-order valence-corrected chi connectivity index (χ2v) is 5.96. The predicted molar refractivity (Wildman–Crippen MR) is 90.7 cm³/mol. The van der Waals surface area contributed by atoms with E-state index < -0.39 is 0 Å². The van der Waals surface area contributed by atoms with Crippen molar-refractivity contribution in [3.8, 4) is 11.3 Å². The standard InChI is InChI=1S/C15H10Br2N2O2/c16-8-9-6-11-13(17)14(10-4-2-1-3-5-10)18-15(11)12(7-9)19(20)21/h1-7,18H,8H2. The summed E-state index contributed by atoms with van der Waals surface area (Å²) in [6.45, 7) is 0. The van der Waals surface area contributed by atoms with Crippen LogP contribution in [0.15, 0.2) is 46.9 Å². The van der Waals surface area contributed by atoms with Gasteiger partial charge >= 0.3 is 0 Å². The number of fused-ring (bicyclic) bond motifs is 1. The number of nitrogens with one attached hydrogen (secondary N) is 1. The third-order valence-corrected chi connectivity index (χ3v) is 4.77. The van der Waals surface area contributed by atoms with E-state index in [2.05, 4.69) is 36.8 Å². The summed E-state index contributed by atoms with van der Waals surface area (Å²) in [5, 5.41) is 12.7. The molecule has 0 amide bonds. The molecule has 3 rings (SSSR count). The van der Waals surface area contributed by atoms with E-state index in [1.807, 2.05) is 36.4 Å². The average Bonchev–Trinajstić information content (AvgIpc) is 2.84. The number of nitrogens with zero attached hydrogens (tertiary/aromatic N) is 1. The van der Waals surface area contributed by atoms with Gasteiger partial charge in [-0.05, 0) is 33.1 Å². The second-order valence-electron chi connectivity index (χ2n) is 4.61. The zero-order chi connectivity index (χ0) is 15.0. The van der Waals surface area contributed by atoms with Crippen molar-refractivity contribution in [1.82, 2.24) is 4.98 Å². The van der Waals surface area contributed by atoms with Crippen molar-refractivity contribution in [2.75, 3.05) is 0 Å². The SMILES string of the molecule is O=[N+]([O-])c1cc(CBr)cc2c(Br)c(-c3ccccc3)[nH]c12. The molecular weight excluding hydrogens is 400 g/mol. The van der Waals surface area contributed by atoms with Crippen LogP contribution in [-0.2, 0) is 5.33 Å². The minimum absolute atomic E-state index is 0.0878. The highest BCUT2D eigenvalue weighted by Crippen LogP contribution is 2.39. The molecular formula is C15H10Br2N2O2. The van der Waals surface area contributed by atoms with Gasteiger partial charge in [0.1, 0.15) is 5.52 Å². The average molecular weight is 410 g/mol. The molecule has 1 N–H and O–H groups in total. The number of nitro benzene ring substituents is 1. The molecule has 0 unspecified atom stereocenters. The minimum atomic E-state index is -0.355. The van der Waals surface area contributed by atoms with Gasteiger partial charge in [0.15, 0.2) is 0 Å². The fourth-order valence-electron chi connectivity index (χ4n) is 2.33. The molecule has 0 spiro atoms. The summed E-state index contributed by atoms with van der Waals surface area (Å²) in [5.41, 5.74) is 3.32. The lowest BCUT2D eigenvalue weighted by Crippen LogP contribution is -1.91. The Hall–Kier alpha value is -1.66. The van der Waals surface area contributed by atoms with Crippen molar-refractivity contribution in [2.45, 2.75) is 5.33 Å². The fourth-order valence-corrected chi connectivity index (χ4v) is 3.29. The Kier molecular flexibility index (Phi) is 3.82. The Balaban J connectivity index is 2.34. The summed E-state index contributed by atoms with van der Waals surface area (Å²) >= 11 is 6.92. The normalized spacial score (nSPS) is 11.0. The molecule has 0 aliphatic heterocycles. The number of aromatic amines is 1. The summed E-state index contributed by atoms with van der Waals surface area (Å²) in [6.07, 6.45) is 0. The van der Waals surface area contributed by atoms with Gasteiger partial charge in [-0.2, -0.15) is 0 Å². The molecule has 0 saturated carbocycles. The Morgan fingerprint density at radius 1 is 1.19 bits per heavy atom. The van der Waals surface area contributed by atoms with Gasteiger partial charge in [-0.25, -0.2) is 0 Å². The van der Waals surface area contributed by atoms with Gasteiger partial charge in [-0.3, -0.25) is 10.1 Å². The number of non-ortho nitro benzene ring substituents is 1. The zero-order valence-corrected chi connectivity index (χ0v) is 13.9. The van der Waals surface area contributed by atoms with E-state index in [1.54, 1.807) is 6.07 Å². The molecule has 21 heavy (non-hydrogen) atoms. The van der Waals surface area contributed by atoms with Crippen molar-refractivity contribution in [3.63, 3.8) is 0 Å². The molecule has 0 saturated heterocycles. The number of aromatic nitrogens is 1. The van der Waals surface area contributed by atoms with Crippen LogP contribution in [0.1, 0.15) is 5.56 Å². The van der Waals surface area contributed by atoms with E-state index in [0.29, 0.717) is 10.8 Å². The minimum Gasteiger partial charge on any atom is -0.348 e. The summed E-state index contributed by atoms with van der Waals surface area (Å²) < 4.78 is 0.842. The number of H-pyrrole nitrogens is 1. The first kappa shape index (κ1) is 14.3. The van der Waals surface area contributed by atoms with Gasteiger partial charge in [0.05, 0.1) is 15.1 Å². The molecule has 4 nitrogen and oxygen atoms in total. The summed E-state index contributed by atoms with van der Waals surface area (Å²) in [6, 6.07) is 13.3. The first-order valence-corrected chi connectivity index (χ1v) is 8.13. The maximum absolute atomic E-state index is 11.3. The Morgan fingerprint density at radius 2 is 1.90 bits per heavy atom. The van der Waals surface area contributed by atoms with Gasteiger partial charge in [0.2, 0.25) is 0 Å². The number of rotatable bonds is 3. The molecule has 1 aromatic heterocycles. The van der Waals surface area contributed by atoms with E-state index in [-0.39, 0.29) is 10.6 Å². The lowest BCUT2D eigenvalue weighted by atomic mass is 10.1. The summed E-state index contributed by atoms with van der Waals surface area (Å²) in [5.74, 6) is 0. The van der Waals surface area contributed by atoms with Crippen molar-refractivity contribution >= 4 is 48.5 Å². The van der Waals surface area contributed by atoms with E-state index in [0.717, 1.165) is 26.7 Å². The van der Waals surface area contributed by atoms with Crippen molar-refractivity contribution in [2.24, 2.45) is 0 Å². The van der Waals surface area contributed by atoms with Crippen LogP contribution in [0.5, 0.6) is 0 Å². The molecule has 0 aliphatic carbocycles. The first-order chi connectivity index (χ1) is 10.1. The van der Waals surface area contributed by atoms with Gasteiger partial charge in [0, 0.05) is 16.8 Å². The van der Waals surface area contributed by atoms with E-state index in [4.69, 9.17) is 0 Å². The van der Waals surface area contributed by atoms with E-state index in [1.165, 1.54) is 0 Å². The van der Waals surface area contributed by atoms with Crippen molar-refractivity contribution < 1.29 is 4.92 Å². The quantitative estimate of drug-likeness (QED) is 0.357. The van der Waals surface area contributed by atoms with E-state index >= 15 is 0 Å². The molecule has 0 bridgehead atoms. The van der Waals surface area contributed by atoms with Gasteiger partial charge in [0.25, 0.3) is 5.69 Å². The number of halogens is 2. The number of hydrogen-bond acceptors (Lipinski definition) is 2. The first-order valence-electron chi connectivity index (χ1n) is 6.21. The van der Waals surface area contributed by atoms with Crippen LogP contribution in [0.4, 0.5) is 5.69 Å². The van der Waals surface area contributed by atoms with Crippen LogP contribution in [0, 0.1) is 10.1 Å². The molecule has 6 heteroatoms. The number of hydrogen-bond donors (Lipinski definition) is 1. The van der Waals surface area contributed by atoms with Crippen LogP contribution in [0.3, 0.4) is 0 Å². The molecule has 2 aromatic carbocycles. The Labute approximate surface area is 137 Å². The smallest absolute Gasteiger partial charge is 0.293 e. The van der Waals surface area contributed by atoms with E-state index in [9.17, 15) is 10.1 Å². The third kappa shape index (κ3) is 2.49. The predicted octanol–water partition coefficient (Wildman–Crippen LogP) is 5.40. The number of nitro groups is 1. The molecule has 106 valence electrons. The lowest BCUT2D eigenvalue weighted by Gasteiger charge is -1.99. The summed E-state index contributed by atoms with van der Waals surface area (Å²) in [7, 11) is 0. The van der Waals surface area contributed by atoms with Crippen LogP contribution in [-0.4, -0.2) is 9.91 Å². The van der Waals surface area contributed by atoms with Crippen molar-refractivity contribution in [3.05, 3.63) is 62.6 Å². The van der Waals surface area contributed by atoms with Gasteiger partial charge in [-0.1, -0.05) is 46.3 Å². The second kappa shape index (κ2) is 5.61. The number of alkyl halides is 1. The highest BCUT2D eigenvalue weighted by molar-refractivity contribution is 9.10. The van der Waals surface area contributed by atoms with Gasteiger partial charge < -0.3 is 4.98 Å². The molecule has 1 heterocycles. The maximum Gasteiger partial charge on any atom is 0.293 e. The van der Waals surface area contributed by atoms with Crippen molar-refractivity contribution in [1.29, 1.82) is 0 Å². The fraction of sp³-hybridized carbons (Fsp3) is 0.0667. The third-order valence-electron chi connectivity index (χ3n) is 3.30. The van der Waals surface area contributed by atoms with Gasteiger partial charge in [-0.15, -0.1) is 0 Å². The molecule has 3 aromatic rings. The Bertz CT molecular complexity index is 829. The molecule has 0 radical (unpaired) electrons. The highest BCUT2D eigenvalue weighted by Gasteiger charge is 2.20.